The molecule has 290 valence electrons. The van der Waals surface area contributed by atoms with Crippen LogP contribution in [-0.2, 0) is 9.59 Å². The maximum absolute atomic E-state index is 13.8. The highest BCUT2D eigenvalue weighted by Gasteiger charge is 2.57. The highest BCUT2D eigenvalue weighted by molar-refractivity contribution is 6.09. The minimum Gasteiger partial charge on any atom is -0.436 e. The van der Waals surface area contributed by atoms with Gasteiger partial charge in [-0.25, -0.2) is 4.98 Å². The molecule has 4 amide bonds. The molecule has 0 unspecified atom stereocenters. The average molecular weight is 780 g/mol. The third-order valence-corrected chi connectivity index (χ3v) is 12.4. The lowest BCUT2D eigenvalue weighted by Crippen LogP contribution is -2.45. The smallest absolute Gasteiger partial charge is 0.274 e. The van der Waals surface area contributed by atoms with Crippen LogP contribution < -0.4 is 10.6 Å². The van der Waals surface area contributed by atoms with Crippen LogP contribution in [0.1, 0.15) is 46.7 Å². The van der Waals surface area contributed by atoms with E-state index in [1.165, 1.54) is 0 Å². The molecule has 6 atom stereocenters. The Kier molecular flexibility index (Phi) is 8.14. The molecule has 0 spiro atoms. The number of fused-ring (bicyclic) bond motifs is 4. The van der Waals surface area contributed by atoms with Gasteiger partial charge in [0.1, 0.15) is 23.5 Å². The Morgan fingerprint density at radius 2 is 1.02 bits per heavy atom. The number of aromatic nitrogens is 3. The van der Waals surface area contributed by atoms with Crippen molar-refractivity contribution in [3.05, 3.63) is 139 Å². The molecule has 59 heavy (non-hydrogen) atoms. The Bertz CT molecular complexity index is 2640. The number of benzene rings is 4. The first-order valence-electron chi connectivity index (χ1n) is 20.0. The Morgan fingerprint density at radius 1 is 0.542 bits per heavy atom. The molecule has 2 aliphatic heterocycles. The van der Waals surface area contributed by atoms with E-state index in [2.05, 4.69) is 25.6 Å². The van der Waals surface area contributed by atoms with Crippen molar-refractivity contribution in [3.8, 4) is 22.8 Å². The first-order valence-corrected chi connectivity index (χ1v) is 20.0. The number of oxazole rings is 1. The predicted molar refractivity (Wildman–Crippen MR) is 221 cm³/mol. The number of anilines is 2. The lowest BCUT2D eigenvalue weighted by Gasteiger charge is -2.27. The molecule has 0 radical (unpaired) electrons. The first kappa shape index (κ1) is 35.0. The summed E-state index contributed by atoms with van der Waals surface area (Å²) in [6, 6.07) is 32.6. The molecule has 5 heterocycles. The number of pyridine rings is 2. The van der Waals surface area contributed by atoms with Crippen molar-refractivity contribution in [1.29, 1.82) is 0 Å². The molecule has 2 saturated carbocycles. The number of nitrogens with zero attached hydrogens (tertiary/aromatic N) is 5. The molecule has 3 aromatic heterocycles. The molecule has 4 aromatic carbocycles. The van der Waals surface area contributed by atoms with Crippen LogP contribution in [0.2, 0.25) is 0 Å². The van der Waals surface area contributed by atoms with E-state index in [0.29, 0.717) is 59.1 Å². The fraction of sp³-hybridized carbons (Fsp3) is 0.213. The van der Waals surface area contributed by atoms with Gasteiger partial charge in [-0.05, 0) is 109 Å². The highest BCUT2D eigenvalue weighted by atomic mass is 16.4. The van der Waals surface area contributed by atoms with Crippen molar-refractivity contribution in [2.24, 2.45) is 11.8 Å². The number of piperidine rings is 2. The SMILES string of the molecule is O=C(Nc1ccc(-c2cnc(-c3ccc(NC(=O)[C@@H]4C[C@@H]5C[C@@H]5N4C(=O)c4nccc5ccccc45)cc3)o2)cc1)[C@@H]1C[C@@H]2C[C@@H]2N1C(=O)c1nccc2ccccc12. The highest BCUT2D eigenvalue weighted by Crippen LogP contribution is 2.50. The van der Waals surface area contributed by atoms with Crippen molar-refractivity contribution in [1.82, 2.24) is 24.8 Å². The Labute approximate surface area is 338 Å². The summed E-state index contributed by atoms with van der Waals surface area (Å²) in [5.74, 6) is 0.755. The number of nitrogens with one attached hydrogen (secondary N) is 2. The molecule has 7 aromatic rings. The summed E-state index contributed by atoms with van der Waals surface area (Å²) >= 11 is 0. The maximum Gasteiger partial charge on any atom is 0.274 e. The average Bonchev–Trinajstić information content (AvgIpc) is 4.04. The molecule has 12 heteroatoms. The van der Waals surface area contributed by atoms with Crippen LogP contribution in [0.4, 0.5) is 11.4 Å². The number of carbonyl (C=O) groups excluding carboxylic acids is 4. The Balaban J connectivity index is 0.732. The Morgan fingerprint density at radius 3 is 1.53 bits per heavy atom. The van der Waals surface area contributed by atoms with Crippen molar-refractivity contribution in [3.63, 3.8) is 0 Å². The van der Waals surface area contributed by atoms with Crippen LogP contribution in [-0.4, -0.2) is 72.5 Å². The van der Waals surface area contributed by atoms with Crippen LogP contribution in [0.15, 0.2) is 132 Å². The van der Waals surface area contributed by atoms with E-state index in [-0.39, 0.29) is 35.7 Å². The molecular formula is C47H37N7O5. The minimum atomic E-state index is -0.578. The third-order valence-electron chi connectivity index (χ3n) is 12.4. The summed E-state index contributed by atoms with van der Waals surface area (Å²) in [5.41, 5.74) is 3.47. The molecule has 2 aliphatic carbocycles. The largest absolute Gasteiger partial charge is 0.436 e. The monoisotopic (exact) mass is 779 g/mol. The third kappa shape index (κ3) is 6.19. The second-order valence-electron chi connectivity index (χ2n) is 16.0. The number of likely N-dealkylation sites (tertiary alicyclic amines) is 2. The molecule has 4 aliphatic rings. The van der Waals surface area contributed by atoms with Crippen molar-refractivity contribution in [2.45, 2.75) is 49.9 Å². The van der Waals surface area contributed by atoms with E-state index >= 15 is 0 Å². The zero-order valence-corrected chi connectivity index (χ0v) is 31.7. The first-order chi connectivity index (χ1) is 28.9. The zero-order chi connectivity index (χ0) is 39.8. The summed E-state index contributed by atoms with van der Waals surface area (Å²) in [6.07, 6.45) is 8.01. The normalized spacial score (nSPS) is 22.5. The molecular weight excluding hydrogens is 743 g/mol. The number of amides is 4. The summed E-state index contributed by atoms with van der Waals surface area (Å²) in [5, 5.41) is 9.47. The molecule has 12 nitrogen and oxygen atoms in total. The topological polar surface area (TPSA) is 151 Å². The van der Waals surface area contributed by atoms with Gasteiger partial charge >= 0.3 is 0 Å². The Hall–Kier alpha value is -7.21. The number of rotatable bonds is 8. The van der Waals surface area contributed by atoms with Gasteiger partial charge in [-0.3, -0.25) is 29.1 Å². The second-order valence-corrected chi connectivity index (χ2v) is 16.0. The van der Waals surface area contributed by atoms with E-state index in [1.54, 1.807) is 40.5 Å². The van der Waals surface area contributed by atoms with Gasteiger partial charge < -0.3 is 24.9 Å². The number of hydrogen-bond acceptors (Lipinski definition) is 8. The van der Waals surface area contributed by atoms with Crippen LogP contribution in [0, 0.1) is 11.8 Å². The fourth-order valence-corrected chi connectivity index (χ4v) is 9.20. The van der Waals surface area contributed by atoms with Gasteiger partial charge in [0.2, 0.25) is 17.7 Å². The van der Waals surface area contributed by atoms with E-state index in [1.807, 2.05) is 97.1 Å². The van der Waals surface area contributed by atoms with E-state index in [0.717, 1.165) is 45.5 Å². The molecule has 2 saturated heterocycles. The van der Waals surface area contributed by atoms with Gasteiger partial charge in [0, 0.05) is 57.8 Å². The number of carbonyl (C=O) groups is 4. The summed E-state index contributed by atoms with van der Waals surface area (Å²) in [6.45, 7) is 0. The van der Waals surface area contributed by atoms with Crippen LogP contribution >= 0.6 is 0 Å². The number of hydrogen-bond donors (Lipinski definition) is 2. The van der Waals surface area contributed by atoms with Gasteiger partial charge in [-0.2, -0.15) is 0 Å². The van der Waals surface area contributed by atoms with Crippen molar-refractivity contribution >= 4 is 56.5 Å². The second kappa shape index (κ2) is 13.7. The van der Waals surface area contributed by atoms with Crippen molar-refractivity contribution < 1.29 is 23.6 Å². The van der Waals surface area contributed by atoms with Gasteiger partial charge in [0.25, 0.3) is 11.8 Å². The minimum absolute atomic E-state index is 0.0562. The summed E-state index contributed by atoms with van der Waals surface area (Å²) in [4.78, 5) is 71.7. The van der Waals surface area contributed by atoms with E-state index in [9.17, 15) is 19.2 Å². The summed E-state index contributed by atoms with van der Waals surface area (Å²) < 4.78 is 6.13. The fourth-order valence-electron chi connectivity index (χ4n) is 9.20. The van der Waals surface area contributed by atoms with Crippen LogP contribution in [0.3, 0.4) is 0 Å². The lowest BCUT2D eigenvalue weighted by molar-refractivity contribution is -0.120. The van der Waals surface area contributed by atoms with E-state index < -0.39 is 12.1 Å². The maximum atomic E-state index is 13.8. The standard InChI is InChI=1S/C47H37N7O5/c55-43(38-23-30-21-36(30)53(38)46(57)41-34-7-3-1-5-26(34)17-19-48-41)51-32-13-9-28(10-14-32)40-25-50-45(59-40)29-11-15-33(16-12-29)52-44(56)39-24-31-22-37(31)54(39)47(58)42-35-8-4-2-6-27(35)18-20-49-42/h1-20,25,30-31,36-39H,21-24H2,(H,51,55)(H,52,56)/t30-,31-,36-,37-,38-,39-/m0/s1. The van der Waals surface area contributed by atoms with Crippen LogP contribution in [0.5, 0.6) is 0 Å². The molecule has 2 N–H and O–H groups in total. The van der Waals surface area contributed by atoms with Crippen molar-refractivity contribution in [2.75, 3.05) is 10.6 Å². The van der Waals surface area contributed by atoms with Gasteiger partial charge in [0.05, 0.1) is 6.20 Å². The zero-order valence-electron chi connectivity index (χ0n) is 31.7. The van der Waals surface area contributed by atoms with Gasteiger partial charge in [0.15, 0.2) is 5.76 Å². The van der Waals surface area contributed by atoms with E-state index in [4.69, 9.17) is 4.42 Å². The van der Waals surface area contributed by atoms with Crippen LogP contribution in [0.25, 0.3) is 44.3 Å². The molecule has 11 rings (SSSR count). The molecule has 4 fully saturated rings. The molecule has 0 bridgehead atoms. The quantitative estimate of drug-likeness (QED) is 0.160. The predicted octanol–water partition coefficient (Wildman–Crippen LogP) is 7.59. The lowest BCUT2D eigenvalue weighted by atomic mass is 10.1. The van der Waals surface area contributed by atoms with Gasteiger partial charge in [-0.1, -0.05) is 48.5 Å². The summed E-state index contributed by atoms with van der Waals surface area (Å²) in [7, 11) is 0. The van der Waals surface area contributed by atoms with Gasteiger partial charge in [-0.15, -0.1) is 0 Å².